The summed E-state index contributed by atoms with van der Waals surface area (Å²) in [6.07, 6.45) is 2.60. The van der Waals surface area contributed by atoms with Crippen molar-refractivity contribution in [3.05, 3.63) is 0 Å². The lowest BCUT2D eigenvalue weighted by atomic mass is 9.90. The van der Waals surface area contributed by atoms with Crippen molar-refractivity contribution in [2.45, 2.75) is 37.8 Å². The van der Waals surface area contributed by atoms with E-state index in [4.69, 9.17) is 23.2 Å². The molecule has 4 N–H and O–H groups in total. The molecular weight excluding hydrogens is 240 g/mol. The molecule has 0 heterocycles. The first-order chi connectivity index (χ1) is 7.91. The lowest BCUT2D eigenvalue weighted by Gasteiger charge is -2.37. The molecule has 6 nitrogen and oxygen atoms in total. The first-order valence-electron chi connectivity index (χ1n) is 5.66. The summed E-state index contributed by atoms with van der Waals surface area (Å²) < 4.78 is 0. The molecule has 0 aliphatic heterocycles. The van der Waals surface area contributed by atoms with E-state index in [1.54, 1.807) is 7.05 Å². The summed E-state index contributed by atoms with van der Waals surface area (Å²) in [6, 6.07) is 0.418. The summed E-state index contributed by atoms with van der Waals surface area (Å²) in [5, 5.41) is 13.2. The number of thiocarbonyl (C=S) groups is 1. The Balaban J connectivity index is 2.41. The number of carbonyl (C=O) groups is 1. The molecule has 0 atom stereocenters. The van der Waals surface area contributed by atoms with E-state index in [9.17, 15) is 4.79 Å². The van der Waals surface area contributed by atoms with Crippen LogP contribution < -0.4 is 11.2 Å². The van der Waals surface area contributed by atoms with E-state index in [0.29, 0.717) is 11.2 Å². The molecule has 1 saturated carbocycles. The normalized spacial score (nSPS) is 23.9. The fraction of sp³-hybridized carbons (Fsp3) is 0.800. The molecule has 0 aromatic carbocycles. The quantitative estimate of drug-likeness (QED) is 0.383. The first-order valence-corrected chi connectivity index (χ1v) is 6.07. The SMILES string of the molecule is CN(N)C(=S)N(C)C1CCC(NC(=O)O)CC1. The van der Waals surface area contributed by atoms with Gasteiger partial charge in [0.1, 0.15) is 0 Å². The van der Waals surface area contributed by atoms with E-state index < -0.39 is 6.09 Å². The number of hydrazine groups is 1. The molecule has 7 heteroatoms. The molecule has 0 radical (unpaired) electrons. The lowest BCUT2D eigenvalue weighted by molar-refractivity contribution is 0.178. The van der Waals surface area contributed by atoms with Gasteiger partial charge in [-0.05, 0) is 37.9 Å². The van der Waals surface area contributed by atoms with Crippen LogP contribution in [0.3, 0.4) is 0 Å². The van der Waals surface area contributed by atoms with Crippen LogP contribution in [0.1, 0.15) is 25.7 Å². The second kappa shape index (κ2) is 6.02. The summed E-state index contributed by atoms with van der Waals surface area (Å²) in [4.78, 5) is 12.5. The van der Waals surface area contributed by atoms with Gasteiger partial charge in [-0.1, -0.05) is 0 Å². The summed E-state index contributed by atoms with van der Waals surface area (Å²) >= 11 is 5.20. The summed E-state index contributed by atoms with van der Waals surface area (Å²) in [5.74, 6) is 5.60. The van der Waals surface area contributed by atoms with Gasteiger partial charge in [-0.2, -0.15) is 0 Å². The van der Waals surface area contributed by atoms with E-state index in [1.807, 2.05) is 11.9 Å². The van der Waals surface area contributed by atoms with Gasteiger partial charge in [-0.25, -0.2) is 10.6 Å². The molecule has 0 saturated heterocycles. The number of amides is 1. The fourth-order valence-electron chi connectivity index (χ4n) is 2.19. The van der Waals surface area contributed by atoms with Crippen LogP contribution in [-0.2, 0) is 0 Å². The van der Waals surface area contributed by atoms with Crippen LogP contribution in [0.15, 0.2) is 0 Å². The maximum Gasteiger partial charge on any atom is 0.404 e. The van der Waals surface area contributed by atoms with Crippen molar-refractivity contribution in [2.24, 2.45) is 5.84 Å². The number of nitrogens with zero attached hydrogens (tertiary/aromatic N) is 2. The van der Waals surface area contributed by atoms with Gasteiger partial charge in [-0.15, -0.1) is 0 Å². The number of nitrogens with one attached hydrogen (secondary N) is 1. The average molecular weight is 260 g/mol. The van der Waals surface area contributed by atoms with Crippen molar-refractivity contribution in [2.75, 3.05) is 14.1 Å². The molecular formula is C10H20N4O2S. The van der Waals surface area contributed by atoms with Crippen molar-refractivity contribution >= 4 is 23.4 Å². The van der Waals surface area contributed by atoms with Gasteiger partial charge < -0.3 is 15.3 Å². The third kappa shape index (κ3) is 4.01. The molecule has 0 aromatic heterocycles. The smallest absolute Gasteiger partial charge is 0.404 e. The number of hydrogen-bond acceptors (Lipinski definition) is 3. The second-order valence-electron chi connectivity index (χ2n) is 4.46. The standard InChI is InChI=1S/C10H20N4O2S/c1-13(10(17)14(2)11)8-5-3-7(4-6-8)12-9(15)16/h7-8,12H,3-6,11H2,1-2H3,(H,15,16). The first kappa shape index (κ1) is 14.0. The lowest BCUT2D eigenvalue weighted by Crippen LogP contribution is -2.49. The molecule has 1 rings (SSSR count). The molecule has 0 spiro atoms. The topological polar surface area (TPSA) is 81.8 Å². The third-order valence-electron chi connectivity index (χ3n) is 3.18. The van der Waals surface area contributed by atoms with Crippen LogP contribution in [0.2, 0.25) is 0 Å². The van der Waals surface area contributed by atoms with Gasteiger partial charge in [0, 0.05) is 26.2 Å². The van der Waals surface area contributed by atoms with E-state index in [-0.39, 0.29) is 6.04 Å². The molecule has 0 aromatic rings. The zero-order chi connectivity index (χ0) is 13.0. The van der Waals surface area contributed by atoms with E-state index >= 15 is 0 Å². The van der Waals surface area contributed by atoms with E-state index in [0.717, 1.165) is 25.7 Å². The van der Waals surface area contributed by atoms with E-state index in [2.05, 4.69) is 5.32 Å². The molecule has 1 aliphatic rings. The summed E-state index contributed by atoms with van der Waals surface area (Å²) in [5.41, 5.74) is 0. The number of hydrogen-bond donors (Lipinski definition) is 3. The van der Waals surface area contributed by atoms with Crippen molar-refractivity contribution in [1.82, 2.24) is 15.2 Å². The second-order valence-corrected chi connectivity index (χ2v) is 4.82. The predicted octanol–water partition coefficient (Wildman–Crippen LogP) is 0.587. The van der Waals surface area contributed by atoms with Crippen LogP contribution in [-0.4, -0.2) is 52.4 Å². The highest BCUT2D eigenvalue weighted by Crippen LogP contribution is 2.22. The zero-order valence-corrected chi connectivity index (χ0v) is 11.0. The van der Waals surface area contributed by atoms with Crippen LogP contribution in [0.4, 0.5) is 4.79 Å². The van der Waals surface area contributed by atoms with Crippen molar-refractivity contribution < 1.29 is 9.90 Å². The van der Waals surface area contributed by atoms with Crippen LogP contribution in [0.25, 0.3) is 0 Å². The monoisotopic (exact) mass is 260 g/mol. The highest BCUT2D eigenvalue weighted by atomic mass is 32.1. The van der Waals surface area contributed by atoms with Crippen molar-refractivity contribution in [3.8, 4) is 0 Å². The Morgan fingerprint density at radius 2 is 1.88 bits per heavy atom. The minimum absolute atomic E-state index is 0.0707. The predicted molar refractivity (Wildman–Crippen MR) is 69.5 cm³/mol. The molecule has 0 unspecified atom stereocenters. The van der Waals surface area contributed by atoms with Crippen molar-refractivity contribution in [3.63, 3.8) is 0 Å². The molecule has 1 aliphatic carbocycles. The number of carboxylic acid groups (broad SMARTS) is 1. The molecule has 1 amide bonds. The van der Waals surface area contributed by atoms with Crippen LogP contribution >= 0.6 is 12.2 Å². The molecule has 17 heavy (non-hydrogen) atoms. The van der Waals surface area contributed by atoms with Crippen molar-refractivity contribution in [1.29, 1.82) is 0 Å². The Kier molecular flexibility index (Phi) is 4.95. The number of rotatable bonds is 2. The Bertz CT molecular complexity index is 290. The maximum absolute atomic E-state index is 10.5. The third-order valence-corrected chi connectivity index (χ3v) is 3.75. The highest BCUT2D eigenvalue weighted by Gasteiger charge is 2.26. The minimum Gasteiger partial charge on any atom is -0.465 e. The van der Waals surface area contributed by atoms with Gasteiger partial charge >= 0.3 is 6.09 Å². The molecule has 1 fully saturated rings. The van der Waals surface area contributed by atoms with Gasteiger partial charge in [0.2, 0.25) is 0 Å². The largest absolute Gasteiger partial charge is 0.465 e. The Labute approximate surface area is 107 Å². The Hall–Kier alpha value is -1.08. The van der Waals surface area contributed by atoms with Gasteiger partial charge in [0.25, 0.3) is 0 Å². The van der Waals surface area contributed by atoms with Crippen LogP contribution in [0.5, 0.6) is 0 Å². The Morgan fingerprint density at radius 1 is 1.35 bits per heavy atom. The summed E-state index contributed by atoms with van der Waals surface area (Å²) in [6.45, 7) is 0. The molecule has 98 valence electrons. The maximum atomic E-state index is 10.5. The Morgan fingerprint density at radius 3 is 2.29 bits per heavy atom. The van der Waals surface area contributed by atoms with Gasteiger partial charge in [0.15, 0.2) is 5.11 Å². The van der Waals surface area contributed by atoms with Gasteiger partial charge in [-0.3, -0.25) is 5.01 Å². The fourth-order valence-corrected chi connectivity index (χ4v) is 2.34. The minimum atomic E-state index is -0.945. The molecule has 0 bridgehead atoms. The summed E-state index contributed by atoms with van der Waals surface area (Å²) in [7, 11) is 3.65. The number of nitrogens with two attached hydrogens (primary N) is 1. The zero-order valence-electron chi connectivity index (χ0n) is 10.2. The average Bonchev–Trinajstić information content (AvgIpc) is 2.27. The van der Waals surface area contributed by atoms with Gasteiger partial charge in [0.05, 0.1) is 0 Å². The van der Waals surface area contributed by atoms with E-state index in [1.165, 1.54) is 5.01 Å². The highest BCUT2D eigenvalue weighted by molar-refractivity contribution is 7.80. The van der Waals surface area contributed by atoms with Crippen LogP contribution in [0, 0.1) is 0 Å².